The Bertz CT molecular complexity index is 1460. The zero-order valence-corrected chi connectivity index (χ0v) is 19.5. The van der Waals surface area contributed by atoms with Crippen LogP contribution in [0.2, 0.25) is 5.02 Å². The number of nitrogens with one attached hydrogen (secondary N) is 2. The molecule has 0 spiro atoms. The van der Waals surface area contributed by atoms with Crippen LogP contribution in [0.5, 0.6) is 0 Å². The maximum Gasteiger partial charge on any atom is 0.167 e. The van der Waals surface area contributed by atoms with Gasteiger partial charge in [0.05, 0.1) is 39.1 Å². The minimum atomic E-state index is -0.554. The number of aromatic amines is 1. The summed E-state index contributed by atoms with van der Waals surface area (Å²) >= 11 is 6.16. The van der Waals surface area contributed by atoms with Crippen molar-refractivity contribution in [3.05, 3.63) is 94.9 Å². The predicted molar refractivity (Wildman–Crippen MR) is 134 cm³/mol. The van der Waals surface area contributed by atoms with E-state index in [2.05, 4.69) is 25.3 Å². The molecule has 4 aromatic rings. The summed E-state index contributed by atoms with van der Waals surface area (Å²) in [5.41, 5.74) is 3.26. The fourth-order valence-corrected chi connectivity index (χ4v) is 3.73. The van der Waals surface area contributed by atoms with Crippen LogP contribution in [0.1, 0.15) is 18.3 Å². The van der Waals surface area contributed by atoms with Crippen molar-refractivity contribution in [2.75, 3.05) is 12.4 Å². The van der Waals surface area contributed by atoms with Crippen LogP contribution in [0.25, 0.3) is 22.6 Å². The molecule has 0 fully saturated rings. The molecule has 9 heteroatoms. The van der Waals surface area contributed by atoms with Crippen LogP contribution >= 0.6 is 11.6 Å². The third-order valence-corrected chi connectivity index (χ3v) is 5.43. The Kier molecular flexibility index (Phi) is 6.99. The quantitative estimate of drug-likeness (QED) is 0.296. The van der Waals surface area contributed by atoms with Crippen molar-refractivity contribution < 1.29 is 8.78 Å². The number of hydrogen-bond donors (Lipinski definition) is 2. The summed E-state index contributed by atoms with van der Waals surface area (Å²) in [6, 6.07) is 14.1. The van der Waals surface area contributed by atoms with Crippen LogP contribution in [0.3, 0.4) is 0 Å². The molecule has 2 heterocycles. The smallest absolute Gasteiger partial charge is 0.167 e. The summed E-state index contributed by atoms with van der Waals surface area (Å²) in [5, 5.41) is 12.8. The van der Waals surface area contributed by atoms with Gasteiger partial charge in [0.2, 0.25) is 0 Å². The van der Waals surface area contributed by atoms with Gasteiger partial charge in [0.15, 0.2) is 5.69 Å². The highest BCUT2D eigenvalue weighted by atomic mass is 35.5. The highest BCUT2D eigenvalue weighted by Crippen LogP contribution is 2.32. The fourth-order valence-electron chi connectivity index (χ4n) is 3.48. The minimum Gasteiger partial charge on any atom is -0.386 e. The highest BCUT2D eigenvalue weighted by molar-refractivity contribution is 6.33. The summed E-state index contributed by atoms with van der Waals surface area (Å²) in [4.78, 5) is 16.3. The van der Waals surface area contributed by atoms with E-state index in [1.807, 2.05) is 13.0 Å². The number of nitriles is 1. The second kappa shape index (κ2) is 10.3. The van der Waals surface area contributed by atoms with Gasteiger partial charge in [0, 0.05) is 24.9 Å². The first-order chi connectivity index (χ1) is 16.9. The van der Waals surface area contributed by atoms with Crippen LogP contribution in [0.15, 0.2) is 71.9 Å². The Hall–Kier alpha value is -4.35. The Labute approximate surface area is 205 Å². The number of pyridine rings is 1. The molecule has 0 radical (unpaired) electrons. The van der Waals surface area contributed by atoms with Crippen LogP contribution in [0.4, 0.5) is 20.2 Å². The predicted octanol–water partition coefficient (Wildman–Crippen LogP) is 6.68. The van der Waals surface area contributed by atoms with Crippen LogP contribution in [0, 0.1) is 23.0 Å². The molecule has 0 saturated carbocycles. The zero-order chi connectivity index (χ0) is 24.9. The number of aromatic nitrogens is 3. The highest BCUT2D eigenvalue weighted by Gasteiger charge is 2.18. The van der Waals surface area contributed by atoms with Gasteiger partial charge in [-0.1, -0.05) is 23.7 Å². The molecular weight excluding hydrogens is 470 g/mol. The van der Waals surface area contributed by atoms with E-state index in [4.69, 9.17) is 11.6 Å². The molecule has 0 amide bonds. The number of anilines is 1. The van der Waals surface area contributed by atoms with Crippen LogP contribution in [-0.4, -0.2) is 27.7 Å². The number of hydrogen-bond acceptors (Lipinski definition) is 5. The van der Waals surface area contributed by atoms with Crippen molar-refractivity contribution in [1.82, 2.24) is 15.0 Å². The Morgan fingerprint density at radius 3 is 2.69 bits per heavy atom. The number of allylic oxidation sites excluding steroid dienone is 2. The van der Waals surface area contributed by atoms with Crippen molar-refractivity contribution in [2.24, 2.45) is 4.99 Å². The molecule has 0 saturated heterocycles. The van der Waals surface area contributed by atoms with Crippen molar-refractivity contribution in [1.29, 1.82) is 5.26 Å². The zero-order valence-electron chi connectivity index (χ0n) is 18.8. The molecule has 6 nitrogen and oxygen atoms in total. The summed E-state index contributed by atoms with van der Waals surface area (Å²) in [5.74, 6) is -0.813. The first kappa shape index (κ1) is 23.8. The van der Waals surface area contributed by atoms with Gasteiger partial charge in [0.1, 0.15) is 23.5 Å². The molecule has 0 aliphatic heterocycles. The normalized spacial score (nSPS) is 11.6. The summed E-state index contributed by atoms with van der Waals surface area (Å²) < 4.78 is 28.2. The third kappa shape index (κ3) is 4.95. The molecule has 2 aromatic carbocycles. The largest absolute Gasteiger partial charge is 0.386 e. The summed E-state index contributed by atoms with van der Waals surface area (Å²) in [6.45, 7) is 1.84. The Morgan fingerprint density at radius 2 is 2.03 bits per heavy atom. The van der Waals surface area contributed by atoms with Gasteiger partial charge in [-0.3, -0.25) is 4.98 Å². The van der Waals surface area contributed by atoms with Gasteiger partial charge in [-0.2, -0.15) is 5.26 Å². The van der Waals surface area contributed by atoms with E-state index in [1.165, 1.54) is 24.3 Å². The number of imidazole rings is 1. The van der Waals surface area contributed by atoms with Crippen molar-refractivity contribution in [3.8, 4) is 28.7 Å². The van der Waals surface area contributed by atoms with E-state index in [9.17, 15) is 14.0 Å². The average molecular weight is 489 g/mol. The number of rotatable bonds is 6. The SMILES string of the molecule is C/C=C/C(=Nc1cc(F)ccc1NC)c1ccc(-c2[nH]c(-c3c(F)cccc3Cl)nc2C#N)cn1. The van der Waals surface area contributed by atoms with Crippen molar-refractivity contribution in [2.45, 2.75) is 6.92 Å². The summed E-state index contributed by atoms with van der Waals surface area (Å²) in [7, 11) is 1.73. The number of aliphatic imine (C=N–C) groups is 1. The van der Waals surface area contributed by atoms with E-state index >= 15 is 0 Å². The van der Waals surface area contributed by atoms with E-state index in [0.29, 0.717) is 34.0 Å². The monoisotopic (exact) mass is 488 g/mol. The van der Waals surface area contributed by atoms with Crippen LogP contribution < -0.4 is 5.32 Å². The van der Waals surface area contributed by atoms with Gasteiger partial charge in [-0.15, -0.1) is 0 Å². The molecule has 0 unspecified atom stereocenters. The fraction of sp³-hybridized carbons (Fsp3) is 0.0769. The molecule has 0 aliphatic rings. The maximum absolute atomic E-state index is 14.4. The Morgan fingerprint density at radius 1 is 1.20 bits per heavy atom. The topological polar surface area (TPSA) is 89.8 Å². The van der Waals surface area contributed by atoms with Crippen molar-refractivity contribution in [3.63, 3.8) is 0 Å². The number of H-pyrrole nitrogens is 1. The van der Waals surface area contributed by atoms with Gasteiger partial charge in [0.25, 0.3) is 0 Å². The minimum absolute atomic E-state index is 0.0784. The number of nitrogens with zero attached hydrogens (tertiary/aromatic N) is 4. The molecule has 0 bridgehead atoms. The Balaban J connectivity index is 1.74. The third-order valence-electron chi connectivity index (χ3n) is 5.12. The van der Waals surface area contributed by atoms with Gasteiger partial charge in [-0.05, 0) is 49.4 Å². The van der Waals surface area contributed by atoms with E-state index in [1.54, 1.807) is 49.7 Å². The molecule has 0 atom stereocenters. The van der Waals surface area contributed by atoms with Gasteiger partial charge >= 0.3 is 0 Å². The summed E-state index contributed by atoms with van der Waals surface area (Å²) in [6.07, 6.45) is 5.13. The average Bonchev–Trinajstić information content (AvgIpc) is 3.28. The molecule has 174 valence electrons. The standard InChI is InChI=1S/C26H19ClF2N6/c1-3-5-21(33-22-12-16(28)9-11-19(22)31-2)20-10-8-15(14-32-20)25-23(13-30)34-26(35-25)24-17(27)6-4-7-18(24)29/h3-12,14,31H,1-2H3,(H,34,35)/b5-3+,33-21?. The van der Waals surface area contributed by atoms with Gasteiger partial charge < -0.3 is 10.3 Å². The molecule has 2 aromatic heterocycles. The van der Waals surface area contributed by atoms with E-state index < -0.39 is 11.6 Å². The van der Waals surface area contributed by atoms with E-state index in [-0.39, 0.29) is 22.1 Å². The molecule has 35 heavy (non-hydrogen) atoms. The lowest BCUT2D eigenvalue weighted by Crippen LogP contribution is -2.01. The molecule has 2 N–H and O–H groups in total. The molecule has 4 rings (SSSR count). The lowest BCUT2D eigenvalue weighted by Gasteiger charge is -2.08. The van der Waals surface area contributed by atoms with E-state index in [0.717, 1.165) is 0 Å². The number of benzene rings is 2. The first-order valence-corrected chi connectivity index (χ1v) is 10.9. The maximum atomic E-state index is 14.4. The molecule has 0 aliphatic carbocycles. The van der Waals surface area contributed by atoms with Crippen molar-refractivity contribution >= 4 is 28.7 Å². The second-order valence-corrected chi connectivity index (χ2v) is 7.77. The lowest BCUT2D eigenvalue weighted by atomic mass is 10.1. The second-order valence-electron chi connectivity index (χ2n) is 7.36. The lowest BCUT2D eigenvalue weighted by molar-refractivity contribution is 0.628. The molecular formula is C26H19ClF2N6. The van der Waals surface area contributed by atoms with Gasteiger partial charge in [-0.25, -0.2) is 18.8 Å². The van der Waals surface area contributed by atoms with Crippen LogP contribution in [-0.2, 0) is 0 Å². The number of halogens is 3. The first-order valence-electron chi connectivity index (χ1n) is 10.5.